The van der Waals surface area contributed by atoms with Crippen molar-refractivity contribution < 1.29 is 4.52 Å². The molecule has 1 atom stereocenters. The zero-order valence-corrected chi connectivity index (χ0v) is 16.2. The van der Waals surface area contributed by atoms with Gasteiger partial charge in [-0.15, -0.1) is 10.2 Å². The first-order valence-electron chi connectivity index (χ1n) is 9.14. The molecule has 4 rings (SSSR count). The first-order valence-corrected chi connectivity index (χ1v) is 10.0. The van der Waals surface area contributed by atoms with Crippen LogP contribution in [-0.4, -0.2) is 38.0 Å². The Balaban J connectivity index is 1.55. The number of aromatic nitrogens is 5. The standard InChI is InChI=1S/C17H26N6OS/c1-11(13-18-14(21-24-13)17(2,3)4)25-16-20-19-15(22-9-5-6-10-22)23(16)12-7-8-12/h11-12H,5-10H2,1-4H3/t11-/m1/s1. The summed E-state index contributed by atoms with van der Waals surface area (Å²) in [5.74, 6) is 2.44. The van der Waals surface area contributed by atoms with Crippen molar-refractivity contribution in [3.05, 3.63) is 11.7 Å². The van der Waals surface area contributed by atoms with Crippen molar-refractivity contribution in [2.24, 2.45) is 0 Å². The van der Waals surface area contributed by atoms with E-state index in [-0.39, 0.29) is 10.7 Å². The predicted octanol–water partition coefficient (Wildman–Crippen LogP) is 3.75. The monoisotopic (exact) mass is 362 g/mol. The van der Waals surface area contributed by atoms with Gasteiger partial charge in [0, 0.05) is 24.5 Å². The second-order valence-electron chi connectivity index (χ2n) is 8.04. The summed E-state index contributed by atoms with van der Waals surface area (Å²) in [6.45, 7) is 10.5. The zero-order chi connectivity index (χ0) is 17.6. The van der Waals surface area contributed by atoms with Gasteiger partial charge in [-0.25, -0.2) is 0 Å². The lowest BCUT2D eigenvalue weighted by Gasteiger charge is -2.18. The van der Waals surface area contributed by atoms with Gasteiger partial charge in [0.25, 0.3) is 0 Å². The maximum atomic E-state index is 5.50. The third-order valence-corrected chi connectivity index (χ3v) is 5.73. The van der Waals surface area contributed by atoms with Gasteiger partial charge in [0.05, 0.1) is 5.25 Å². The van der Waals surface area contributed by atoms with Gasteiger partial charge in [-0.3, -0.25) is 4.57 Å². The van der Waals surface area contributed by atoms with Gasteiger partial charge in [0.15, 0.2) is 11.0 Å². The van der Waals surface area contributed by atoms with Gasteiger partial charge in [0.2, 0.25) is 11.8 Å². The Kier molecular flexibility index (Phi) is 4.25. The summed E-state index contributed by atoms with van der Waals surface area (Å²) in [5, 5.41) is 14.1. The normalized spacial score (nSPS) is 19.6. The van der Waals surface area contributed by atoms with Crippen LogP contribution in [0.15, 0.2) is 9.68 Å². The van der Waals surface area contributed by atoms with Gasteiger partial charge >= 0.3 is 0 Å². The molecule has 1 aliphatic heterocycles. The van der Waals surface area contributed by atoms with Crippen molar-refractivity contribution in [2.45, 2.75) is 75.2 Å². The van der Waals surface area contributed by atoms with Crippen molar-refractivity contribution in [1.29, 1.82) is 0 Å². The van der Waals surface area contributed by atoms with Crippen molar-refractivity contribution in [3.63, 3.8) is 0 Å². The molecule has 8 heteroatoms. The molecule has 3 heterocycles. The van der Waals surface area contributed by atoms with Crippen molar-refractivity contribution in [3.8, 4) is 0 Å². The molecule has 136 valence electrons. The van der Waals surface area contributed by atoms with E-state index >= 15 is 0 Å². The smallest absolute Gasteiger partial charge is 0.239 e. The second-order valence-corrected chi connectivity index (χ2v) is 9.35. The maximum Gasteiger partial charge on any atom is 0.239 e. The van der Waals surface area contributed by atoms with E-state index in [9.17, 15) is 0 Å². The molecule has 2 aromatic heterocycles. The molecule has 0 spiro atoms. The molecule has 0 radical (unpaired) electrons. The minimum absolute atomic E-state index is 0.0525. The summed E-state index contributed by atoms with van der Waals surface area (Å²) in [7, 11) is 0. The van der Waals surface area contributed by atoms with Crippen LogP contribution in [-0.2, 0) is 5.41 Å². The van der Waals surface area contributed by atoms with Gasteiger partial charge in [-0.1, -0.05) is 37.7 Å². The maximum absolute atomic E-state index is 5.50. The van der Waals surface area contributed by atoms with Crippen LogP contribution in [0.5, 0.6) is 0 Å². The Hall–Kier alpha value is -1.57. The lowest BCUT2D eigenvalue weighted by molar-refractivity contribution is 0.364. The van der Waals surface area contributed by atoms with Crippen LogP contribution in [0.25, 0.3) is 0 Å². The molecule has 1 saturated heterocycles. The van der Waals surface area contributed by atoms with Crippen LogP contribution in [0.2, 0.25) is 0 Å². The number of anilines is 1. The quantitative estimate of drug-likeness (QED) is 0.750. The predicted molar refractivity (Wildman–Crippen MR) is 97.0 cm³/mol. The van der Waals surface area contributed by atoms with Gasteiger partial charge < -0.3 is 9.42 Å². The molecule has 0 aromatic carbocycles. The number of hydrogen-bond donors (Lipinski definition) is 0. The average Bonchev–Trinajstić information content (AvgIpc) is 3.01. The number of thioether (sulfide) groups is 1. The van der Waals surface area contributed by atoms with Crippen LogP contribution in [0.3, 0.4) is 0 Å². The van der Waals surface area contributed by atoms with Crippen molar-refractivity contribution in [1.82, 2.24) is 24.9 Å². The van der Waals surface area contributed by atoms with E-state index in [2.05, 4.69) is 57.5 Å². The first-order chi connectivity index (χ1) is 11.9. The molecule has 1 saturated carbocycles. The van der Waals surface area contributed by atoms with Crippen LogP contribution >= 0.6 is 11.8 Å². The number of nitrogens with zero attached hydrogens (tertiary/aromatic N) is 6. The van der Waals surface area contributed by atoms with Crippen LogP contribution in [0.4, 0.5) is 5.95 Å². The minimum Gasteiger partial charge on any atom is -0.341 e. The van der Waals surface area contributed by atoms with E-state index in [0.717, 1.165) is 30.0 Å². The average molecular weight is 363 g/mol. The van der Waals surface area contributed by atoms with Gasteiger partial charge in [-0.2, -0.15) is 4.98 Å². The van der Waals surface area contributed by atoms with Crippen molar-refractivity contribution in [2.75, 3.05) is 18.0 Å². The summed E-state index contributed by atoms with van der Waals surface area (Å²) < 4.78 is 7.82. The Labute approximate surface area is 152 Å². The first kappa shape index (κ1) is 16.9. The molecule has 2 fully saturated rings. The molecule has 7 nitrogen and oxygen atoms in total. The largest absolute Gasteiger partial charge is 0.341 e. The van der Waals surface area contributed by atoms with E-state index in [1.54, 1.807) is 11.8 Å². The molecule has 0 bridgehead atoms. The molecule has 2 aromatic rings. The lowest BCUT2D eigenvalue weighted by atomic mass is 9.96. The van der Waals surface area contributed by atoms with E-state index < -0.39 is 0 Å². The minimum atomic E-state index is -0.108. The third kappa shape index (κ3) is 3.41. The van der Waals surface area contributed by atoms with Crippen molar-refractivity contribution >= 4 is 17.7 Å². The Morgan fingerprint density at radius 2 is 1.88 bits per heavy atom. The summed E-state index contributed by atoms with van der Waals surface area (Å²) in [5.41, 5.74) is -0.108. The molecule has 1 aliphatic carbocycles. The fourth-order valence-electron chi connectivity index (χ4n) is 3.05. The molecule has 0 amide bonds. The van der Waals surface area contributed by atoms with Crippen LogP contribution in [0.1, 0.15) is 76.4 Å². The number of rotatable bonds is 5. The highest BCUT2D eigenvalue weighted by atomic mass is 32.2. The summed E-state index contributed by atoms with van der Waals surface area (Å²) >= 11 is 1.66. The molecule has 25 heavy (non-hydrogen) atoms. The van der Waals surface area contributed by atoms with E-state index in [0.29, 0.717) is 11.9 Å². The number of hydrogen-bond acceptors (Lipinski definition) is 7. The van der Waals surface area contributed by atoms with Crippen LogP contribution < -0.4 is 4.90 Å². The van der Waals surface area contributed by atoms with Crippen LogP contribution in [0, 0.1) is 0 Å². The Bertz CT molecular complexity index is 739. The van der Waals surface area contributed by atoms with E-state index in [1.807, 2.05) is 0 Å². The Morgan fingerprint density at radius 3 is 2.48 bits per heavy atom. The third-order valence-electron chi connectivity index (χ3n) is 4.69. The fourth-order valence-corrected chi connectivity index (χ4v) is 3.99. The molecular weight excluding hydrogens is 336 g/mol. The Morgan fingerprint density at radius 1 is 1.16 bits per heavy atom. The highest BCUT2D eigenvalue weighted by molar-refractivity contribution is 7.99. The SMILES string of the molecule is C[C@@H](Sc1nnc(N2CCCC2)n1C1CC1)c1nc(C(C)(C)C)no1. The van der Waals surface area contributed by atoms with E-state index in [4.69, 9.17) is 4.52 Å². The molecule has 0 N–H and O–H groups in total. The van der Waals surface area contributed by atoms with Gasteiger partial charge in [-0.05, 0) is 32.6 Å². The van der Waals surface area contributed by atoms with E-state index in [1.165, 1.54) is 25.7 Å². The lowest BCUT2D eigenvalue weighted by Crippen LogP contribution is -2.22. The fraction of sp³-hybridized carbons (Fsp3) is 0.765. The molecular formula is C17H26N6OS. The summed E-state index contributed by atoms with van der Waals surface area (Å²) in [6.07, 6.45) is 4.92. The van der Waals surface area contributed by atoms with Gasteiger partial charge in [0.1, 0.15) is 0 Å². The second kappa shape index (κ2) is 6.30. The zero-order valence-electron chi connectivity index (χ0n) is 15.4. The summed E-state index contributed by atoms with van der Waals surface area (Å²) in [4.78, 5) is 6.95. The topological polar surface area (TPSA) is 72.9 Å². The highest BCUT2D eigenvalue weighted by Gasteiger charge is 2.33. The molecule has 0 unspecified atom stereocenters. The highest BCUT2D eigenvalue weighted by Crippen LogP contribution is 2.44. The summed E-state index contributed by atoms with van der Waals surface area (Å²) in [6, 6.07) is 0.549. The molecule has 2 aliphatic rings.